The van der Waals surface area contributed by atoms with E-state index in [0.717, 1.165) is 5.56 Å². The molecular formula is C15H17NO5. The Kier molecular flexibility index (Phi) is 3.79. The van der Waals surface area contributed by atoms with Crippen LogP contribution in [0.4, 0.5) is 0 Å². The van der Waals surface area contributed by atoms with Gasteiger partial charge in [-0.05, 0) is 12.5 Å². The molecule has 0 unspecified atom stereocenters. The third kappa shape index (κ3) is 2.58. The summed E-state index contributed by atoms with van der Waals surface area (Å²) >= 11 is 0. The summed E-state index contributed by atoms with van der Waals surface area (Å²) in [4.78, 5) is 25.5. The van der Waals surface area contributed by atoms with Crippen LogP contribution in [0.15, 0.2) is 24.3 Å². The lowest BCUT2D eigenvalue weighted by molar-refractivity contribution is -0.159. The number of benzene rings is 1. The van der Waals surface area contributed by atoms with Gasteiger partial charge in [0.25, 0.3) is 0 Å². The lowest BCUT2D eigenvalue weighted by Crippen LogP contribution is -2.54. The monoisotopic (exact) mass is 291 g/mol. The number of hydrogen-bond donors (Lipinski definition) is 1. The van der Waals surface area contributed by atoms with E-state index in [4.69, 9.17) is 9.47 Å². The molecule has 2 heterocycles. The largest absolute Gasteiger partial charge is 0.493 e. The van der Waals surface area contributed by atoms with Gasteiger partial charge in [-0.25, -0.2) is 4.79 Å². The molecule has 0 aromatic heterocycles. The van der Waals surface area contributed by atoms with Crippen molar-refractivity contribution in [2.24, 2.45) is 0 Å². The molecular weight excluding hydrogens is 274 g/mol. The number of amides is 1. The first-order valence-electron chi connectivity index (χ1n) is 7.01. The number of ether oxygens (including phenoxy) is 2. The van der Waals surface area contributed by atoms with Crippen molar-refractivity contribution >= 4 is 11.9 Å². The number of rotatable bonds is 2. The second kappa shape index (κ2) is 5.73. The normalized spacial score (nSPS) is 24.9. The number of carboxylic acid groups (broad SMARTS) is 1. The number of nitrogens with zero attached hydrogens (tertiary/aromatic N) is 1. The highest BCUT2D eigenvalue weighted by Gasteiger charge is 2.38. The molecule has 0 aliphatic carbocycles. The summed E-state index contributed by atoms with van der Waals surface area (Å²) in [5.74, 6) is -0.804. The van der Waals surface area contributed by atoms with Crippen molar-refractivity contribution < 1.29 is 24.2 Å². The van der Waals surface area contributed by atoms with Gasteiger partial charge >= 0.3 is 5.97 Å². The number of carbonyl (C=O) groups excluding carboxylic acids is 1. The highest BCUT2D eigenvalue weighted by atomic mass is 16.5. The van der Waals surface area contributed by atoms with Crippen LogP contribution < -0.4 is 4.74 Å². The molecule has 1 aromatic rings. The molecule has 6 heteroatoms. The summed E-state index contributed by atoms with van der Waals surface area (Å²) < 4.78 is 10.7. The van der Waals surface area contributed by atoms with E-state index >= 15 is 0 Å². The van der Waals surface area contributed by atoms with Crippen LogP contribution in [-0.4, -0.2) is 54.3 Å². The lowest BCUT2D eigenvalue weighted by Gasteiger charge is -2.36. The first-order chi connectivity index (χ1) is 10.2. The van der Waals surface area contributed by atoms with Crippen molar-refractivity contribution in [2.75, 3.05) is 26.4 Å². The molecule has 1 N–H and O–H groups in total. The molecule has 112 valence electrons. The van der Waals surface area contributed by atoms with Gasteiger partial charge in [0.15, 0.2) is 6.04 Å². The second-order valence-electron chi connectivity index (χ2n) is 5.19. The Morgan fingerprint density at radius 3 is 2.86 bits per heavy atom. The minimum absolute atomic E-state index is 0.0476. The number of carbonyl (C=O) groups is 2. The van der Waals surface area contributed by atoms with Crippen molar-refractivity contribution in [3.63, 3.8) is 0 Å². The van der Waals surface area contributed by atoms with Crippen molar-refractivity contribution in [1.82, 2.24) is 4.90 Å². The first kappa shape index (κ1) is 13.9. The zero-order valence-electron chi connectivity index (χ0n) is 11.5. The van der Waals surface area contributed by atoms with Gasteiger partial charge < -0.3 is 19.5 Å². The van der Waals surface area contributed by atoms with E-state index in [-0.39, 0.29) is 18.4 Å². The summed E-state index contributed by atoms with van der Waals surface area (Å²) in [6, 6.07) is 6.53. The van der Waals surface area contributed by atoms with Gasteiger partial charge in [0, 0.05) is 12.1 Å². The topological polar surface area (TPSA) is 76.1 Å². The fraction of sp³-hybridized carbons (Fsp3) is 0.467. The predicted molar refractivity (Wildman–Crippen MR) is 73.3 cm³/mol. The summed E-state index contributed by atoms with van der Waals surface area (Å²) in [5.41, 5.74) is 0.837. The SMILES string of the molecule is O=C(O)[C@H]1COCCN1C(=O)[C@H]1CCOc2ccccc21. The number of carboxylic acids is 1. The van der Waals surface area contributed by atoms with Gasteiger partial charge in [-0.2, -0.15) is 0 Å². The Morgan fingerprint density at radius 1 is 1.24 bits per heavy atom. The zero-order chi connectivity index (χ0) is 14.8. The molecule has 0 saturated carbocycles. The van der Waals surface area contributed by atoms with Crippen LogP contribution in [0, 0.1) is 0 Å². The van der Waals surface area contributed by atoms with E-state index in [1.807, 2.05) is 24.3 Å². The second-order valence-corrected chi connectivity index (χ2v) is 5.19. The molecule has 21 heavy (non-hydrogen) atoms. The van der Waals surface area contributed by atoms with Gasteiger partial charge in [-0.3, -0.25) is 4.79 Å². The van der Waals surface area contributed by atoms with Gasteiger partial charge in [-0.15, -0.1) is 0 Å². The molecule has 1 saturated heterocycles. The average molecular weight is 291 g/mol. The molecule has 0 bridgehead atoms. The van der Waals surface area contributed by atoms with Crippen LogP contribution in [0.1, 0.15) is 17.9 Å². The van der Waals surface area contributed by atoms with Crippen LogP contribution in [0.2, 0.25) is 0 Å². The van der Waals surface area contributed by atoms with E-state index in [2.05, 4.69) is 0 Å². The number of para-hydroxylation sites is 1. The molecule has 1 aromatic carbocycles. The summed E-state index contributed by atoms with van der Waals surface area (Å²) in [7, 11) is 0. The van der Waals surface area contributed by atoms with Crippen LogP contribution in [0.5, 0.6) is 5.75 Å². The summed E-state index contributed by atoms with van der Waals surface area (Å²) in [6.45, 7) is 1.21. The third-order valence-electron chi connectivity index (χ3n) is 3.95. The van der Waals surface area contributed by atoms with E-state index < -0.39 is 12.0 Å². The standard InChI is InChI=1S/C15H17NO5/c17-14(16-6-8-20-9-12(16)15(18)19)11-5-7-21-13-4-2-1-3-10(11)13/h1-4,11-12H,5-9H2,(H,18,19)/t11-,12+/m0/s1. The average Bonchev–Trinajstić information content (AvgIpc) is 2.53. The van der Waals surface area contributed by atoms with E-state index in [1.165, 1.54) is 4.90 Å². The molecule has 2 aliphatic heterocycles. The zero-order valence-corrected chi connectivity index (χ0v) is 11.5. The van der Waals surface area contributed by atoms with Crippen molar-refractivity contribution in [2.45, 2.75) is 18.4 Å². The molecule has 1 amide bonds. The first-order valence-corrected chi connectivity index (χ1v) is 7.01. The number of aliphatic carboxylic acids is 1. The van der Waals surface area contributed by atoms with Crippen molar-refractivity contribution in [3.8, 4) is 5.75 Å². The van der Waals surface area contributed by atoms with E-state index in [9.17, 15) is 14.7 Å². The Hall–Kier alpha value is -2.08. The summed E-state index contributed by atoms with van der Waals surface area (Å²) in [6.07, 6.45) is 0.569. The molecule has 3 rings (SSSR count). The number of hydrogen-bond acceptors (Lipinski definition) is 4. The van der Waals surface area contributed by atoms with Crippen LogP contribution in [0.25, 0.3) is 0 Å². The Labute approximate surface area is 122 Å². The Balaban J connectivity index is 1.86. The summed E-state index contributed by atoms with van der Waals surface area (Å²) in [5, 5.41) is 9.25. The maximum absolute atomic E-state index is 12.8. The minimum Gasteiger partial charge on any atom is -0.493 e. The maximum Gasteiger partial charge on any atom is 0.328 e. The Bertz CT molecular complexity index is 559. The number of fused-ring (bicyclic) bond motifs is 1. The fourth-order valence-electron chi connectivity index (χ4n) is 2.87. The van der Waals surface area contributed by atoms with Crippen molar-refractivity contribution in [1.29, 1.82) is 0 Å². The Morgan fingerprint density at radius 2 is 2.05 bits per heavy atom. The molecule has 0 spiro atoms. The van der Waals surface area contributed by atoms with E-state index in [1.54, 1.807) is 0 Å². The fourth-order valence-corrected chi connectivity index (χ4v) is 2.87. The maximum atomic E-state index is 12.8. The predicted octanol–water partition coefficient (Wildman–Crippen LogP) is 0.865. The third-order valence-corrected chi connectivity index (χ3v) is 3.95. The smallest absolute Gasteiger partial charge is 0.328 e. The molecule has 1 fully saturated rings. The van der Waals surface area contributed by atoms with Crippen LogP contribution >= 0.6 is 0 Å². The molecule has 2 aliphatic rings. The molecule has 6 nitrogen and oxygen atoms in total. The van der Waals surface area contributed by atoms with Gasteiger partial charge in [0.2, 0.25) is 5.91 Å². The minimum atomic E-state index is -1.02. The van der Waals surface area contributed by atoms with Gasteiger partial charge in [0.1, 0.15) is 5.75 Å². The van der Waals surface area contributed by atoms with Gasteiger partial charge in [-0.1, -0.05) is 18.2 Å². The van der Waals surface area contributed by atoms with E-state index in [0.29, 0.717) is 31.9 Å². The number of morpholine rings is 1. The molecule has 2 atom stereocenters. The van der Waals surface area contributed by atoms with Gasteiger partial charge in [0.05, 0.1) is 25.7 Å². The van der Waals surface area contributed by atoms with Crippen LogP contribution in [0.3, 0.4) is 0 Å². The van der Waals surface area contributed by atoms with Crippen molar-refractivity contribution in [3.05, 3.63) is 29.8 Å². The highest BCUT2D eigenvalue weighted by Crippen LogP contribution is 2.35. The quantitative estimate of drug-likeness (QED) is 0.875. The lowest BCUT2D eigenvalue weighted by atomic mass is 9.91. The molecule has 0 radical (unpaired) electrons. The van der Waals surface area contributed by atoms with Crippen LogP contribution in [-0.2, 0) is 14.3 Å². The highest BCUT2D eigenvalue weighted by molar-refractivity contribution is 5.89.